The van der Waals surface area contributed by atoms with Crippen LogP contribution < -0.4 is 0 Å². The summed E-state index contributed by atoms with van der Waals surface area (Å²) in [6.45, 7) is 8.89. The highest BCUT2D eigenvalue weighted by Gasteiger charge is 2.41. The molecule has 0 atom stereocenters. The van der Waals surface area contributed by atoms with E-state index >= 15 is 0 Å². The Morgan fingerprint density at radius 2 is 1.33 bits per heavy atom. The van der Waals surface area contributed by atoms with Crippen LogP contribution in [0, 0.1) is 0 Å². The second-order valence-corrected chi connectivity index (χ2v) is 8.29. The second-order valence-electron chi connectivity index (χ2n) is 4.92. The van der Waals surface area contributed by atoms with Crippen LogP contribution in [0.3, 0.4) is 0 Å². The van der Waals surface area contributed by atoms with Crippen LogP contribution in [0.2, 0.25) is 6.04 Å². The van der Waals surface area contributed by atoms with Gasteiger partial charge in [-0.15, -0.1) is 0 Å². The molecule has 0 saturated heterocycles. The summed E-state index contributed by atoms with van der Waals surface area (Å²) in [6, 6.07) is 1.10. The molecule has 0 bridgehead atoms. The SMILES string of the molecule is CCCCCC[Si](OC)(OC)N(CCC)CCC. The lowest BCUT2D eigenvalue weighted by atomic mass is 10.2. The average Bonchev–Trinajstić information content (AvgIpc) is 2.40. The number of rotatable bonds is 12. The topological polar surface area (TPSA) is 21.7 Å². The molecular formula is C14H33NO2Si. The molecule has 0 saturated carbocycles. The predicted molar refractivity (Wildman–Crippen MR) is 80.9 cm³/mol. The molecule has 0 N–H and O–H groups in total. The van der Waals surface area contributed by atoms with Crippen molar-refractivity contribution >= 4 is 8.72 Å². The van der Waals surface area contributed by atoms with Crippen molar-refractivity contribution in [1.29, 1.82) is 0 Å². The van der Waals surface area contributed by atoms with E-state index in [1.807, 2.05) is 14.2 Å². The van der Waals surface area contributed by atoms with Crippen molar-refractivity contribution < 1.29 is 8.85 Å². The molecule has 0 heterocycles. The van der Waals surface area contributed by atoms with E-state index in [4.69, 9.17) is 8.85 Å². The maximum absolute atomic E-state index is 5.88. The Hall–Kier alpha value is 0.0969. The molecule has 18 heavy (non-hydrogen) atoms. The molecule has 0 aliphatic carbocycles. The van der Waals surface area contributed by atoms with Crippen LogP contribution in [0.15, 0.2) is 0 Å². The molecular weight excluding hydrogens is 242 g/mol. The normalized spacial score (nSPS) is 12.3. The molecule has 0 amide bonds. The van der Waals surface area contributed by atoms with Crippen molar-refractivity contribution in [3.05, 3.63) is 0 Å². The largest absolute Gasteiger partial charge is 0.427 e. The third-order valence-corrected chi connectivity index (χ3v) is 7.13. The van der Waals surface area contributed by atoms with Gasteiger partial charge in [-0.25, -0.2) is 0 Å². The molecule has 0 fully saturated rings. The fourth-order valence-corrected chi connectivity index (χ4v) is 5.70. The second kappa shape index (κ2) is 11.0. The molecule has 0 aromatic rings. The summed E-state index contributed by atoms with van der Waals surface area (Å²) in [4.78, 5) is 0. The molecule has 0 radical (unpaired) electrons. The van der Waals surface area contributed by atoms with E-state index in [0.717, 1.165) is 32.0 Å². The molecule has 3 nitrogen and oxygen atoms in total. The van der Waals surface area contributed by atoms with Crippen molar-refractivity contribution in [2.45, 2.75) is 65.3 Å². The summed E-state index contributed by atoms with van der Waals surface area (Å²) >= 11 is 0. The highest BCUT2D eigenvalue weighted by Crippen LogP contribution is 2.22. The zero-order valence-electron chi connectivity index (χ0n) is 13.1. The zero-order valence-corrected chi connectivity index (χ0v) is 14.1. The van der Waals surface area contributed by atoms with E-state index in [2.05, 4.69) is 25.3 Å². The lowest BCUT2D eigenvalue weighted by molar-refractivity contribution is 0.159. The van der Waals surface area contributed by atoms with Crippen LogP contribution in [0.1, 0.15) is 59.3 Å². The summed E-state index contributed by atoms with van der Waals surface area (Å²) in [7, 11) is 1.52. The standard InChI is InChI=1S/C14H33NO2Si/c1-6-9-10-11-14-18(16-4,17-5)15(12-7-2)13-8-3/h6-14H2,1-5H3. The van der Waals surface area contributed by atoms with Crippen molar-refractivity contribution in [3.63, 3.8) is 0 Å². The van der Waals surface area contributed by atoms with Gasteiger partial charge >= 0.3 is 8.72 Å². The van der Waals surface area contributed by atoms with Gasteiger partial charge in [-0.1, -0.05) is 40.0 Å². The first-order valence-electron chi connectivity index (χ1n) is 7.56. The molecule has 0 spiro atoms. The minimum atomic E-state index is -2.13. The van der Waals surface area contributed by atoms with Gasteiger partial charge in [-0.2, -0.15) is 0 Å². The first kappa shape index (κ1) is 18.1. The third-order valence-electron chi connectivity index (χ3n) is 3.45. The highest BCUT2D eigenvalue weighted by atomic mass is 28.4. The van der Waals surface area contributed by atoms with Crippen LogP contribution in [0.4, 0.5) is 0 Å². The summed E-state index contributed by atoms with van der Waals surface area (Å²) in [5.41, 5.74) is 0. The molecule has 110 valence electrons. The maximum Gasteiger partial charge on any atom is 0.427 e. The van der Waals surface area contributed by atoms with Gasteiger partial charge in [0.2, 0.25) is 0 Å². The van der Waals surface area contributed by atoms with E-state index in [1.54, 1.807) is 0 Å². The zero-order chi connectivity index (χ0) is 13.9. The van der Waals surface area contributed by atoms with Gasteiger partial charge in [0, 0.05) is 20.3 Å². The maximum atomic E-state index is 5.88. The predicted octanol–water partition coefficient (Wildman–Crippen LogP) is 3.92. The fourth-order valence-electron chi connectivity index (χ4n) is 2.47. The quantitative estimate of drug-likeness (QED) is 0.398. The highest BCUT2D eigenvalue weighted by molar-refractivity contribution is 6.64. The molecule has 4 heteroatoms. The van der Waals surface area contributed by atoms with Crippen molar-refractivity contribution in [3.8, 4) is 0 Å². The summed E-state index contributed by atoms with van der Waals surface area (Å²) < 4.78 is 14.2. The van der Waals surface area contributed by atoms with Gasteiger partial charge in [0.05, 0.1) is 0 Å². The monoisotopic (exact) mass is 275 g/mol. The summed E-state index contributed by atoms with van der Waals surface area (Å²) in [6.07, 6.45) is 7.45. The van der Waals surface area contributed by atoms with Gasteiger partial charge in [0.25, 0.3) is 0 Å². The average molecular weight is 276 g/mol. The van der Waals surface area contributed by atoms with E-state index in [-0.39, 0.29) is 0 Å². The lowest BCUT2D eigenvalue weighted by Gasteiger charge is -2.38. The smallest absolute Gasteiger partial charge is 0.386 e. The van der Waals surface area contributed by atoms with Crippen LogP contribution in [-0.4, -0.2) is 40.6 Å². The summed E-state index contributed by atoms with van der Waals surface area (Å²) in [5, 5.41) is 0. The van der Waals surface area contributed by atoms with Gasteiger partial charge in [-0.3, -0.25) is 4.57 Å². The van der Waals surface area contributed by atoms with Crippen molar-refractivity contribution in [2.24, 2.45) is 0 Å². The minimum absolute atomic E-state index is 1.09. The van der Waals surface area contributed by atoms with Gasteiger partial charge in [-0.05, 0) is 32.4 Å². The molecule has 0 unspecified atom stereocenters. The Balaban J connectivity index is 4.51. The van der Waals surface area contributed by atoms with E-state index in [1.165, 1.54) is 25.7 Å². The molecule has 0 aliphatic rings. The molecule has 0 aromatic heterocycles. The third kappa shape index (κ3) is 5.82. The fraction of sp³-hybridized carbons (Fsp3) is 1.00. The Bertz CT molecular complexity index is 181. The van der Waals surface area contributed by atoms with E-state index in [9.17, 15) is 0 Å². The molecule has 0 rings (SSSR count). The Morgan fingerprint density at radius 3 is 1.72 bits per heavy atom. The van der Waals surface area contributed by atoms with Crippen LogP contribution in [0.5, 0.6) is 0 Å². The van der Waals surface area contributed by atoms with Crippen LogP contribution in [0.25, 0.3) is 0 Å². The number of hydrogen-bond donors (Lipinski definition) is 0. The van der Waals surface area contributed by atoms with Gasteiger partial charge in [0.15, 0.2) is 0 Å². The number of unbranched alkanes of at least 4 members (excludes halogenated alkanes) is 3. The Kier molecular flexibility index (Phi) is 11.0. The van der Waals surface area contributed by atoms with Crippen molar-refractivity contribution in [1.82, 2.24) is 4.57 Å². The number of nitrogens with zero attached hydrogens (tertiary/aromatic N) is 1. The lowest BCUT2D eigenvalue weighted by Crippen LogP contribution is -2.58. The van der Waals surface area contributed by atoms with Gasteiger partial charge < -0.3 is 8.85 Å². The Labute approximate surface area is 115 Å². The first-order chi connectivity index (χ1) is 8.70. The minimum Gasteiger partial charge on any atom is -0.386 e. The summed E-state index contributed by atoms with van der Waals surface area (Å²) in [5.74, 6) is 0. The number of hydrogen-bond acceptors (Lipinski definition) is 3. The van der Waals surface area contributed by atoms with Crippen molar-refractivity contribution in [2.75, 3.05) is 27.3 Å². The molecule has 0 aliphatic heterocycles. The van der Waals surface area contributed by atoms with Crippen LogP contribution >= 0.6 is 0 Å². The Morgan fingerprint density at radius 1 is 0.778 bits per heavy atom. The van der Waals surface area contributed by atoms with Crippen LogP contribution in [-0.2, 0) is 8.85 Å². The van der Waals surface area contributed by atoms with E-state index in [0.29, 0.717) is 0 Å². The van der Waals surface area contributed by atoms with Gasteiger partial charge in [0.1, 0.15) is 0 Å². The first-order valence-corrected chi connectivity index (χ1v) is 9.53. The van der Waals surface area contributed by atoms with E-state index < -0.39 is 8.72 Å². The molecule has 0 aromatic carbocycles.